The van der Waals surface area contributed by atoms with E-state index in [0.717, 1.165) is 0 Å². The summed E-state index contributed by atoms with van der Waals surface area (Å²) in [5.41, 5.74) is 4.89. The van der Waals surface area contributed by atoms with Crippen molar-refractivity contribution in [1.29, 1.82) is 0 Å². The maximum absolute atomic E-state index is 11.1. The largest absolute Gasteiger partial charge is 0.396 e. The van der Waals surface area contributed by atoms with Gasteiger partial charge in [0.05, 0.1) is 5.60 Å². The first kappa shape index (κ1) is 13.0. The van der Waals surface area contributed by atoms with E-state index >= 15 is 0 Å². The van der Waals surface area contributed by atoms with Crippen molar-refractivity contribution in [2.24, 2.45) is 17.6 Å². The Morgan fingerprint density at radius 1 is 1.39 bits per heavy atom. The van der Waals surface area contributed by atoms with Crippen molar-refractivity contribution >= 4 is 5.91 Å². The molecule has 5 nitrogen and oxygen atoms in total. The molecule has 0 spiro atoms. The van der Waals surface area contributed by atoms with E-state index in [2.05, 4.69) is 0 Å². The van der Waals surface area contributed by atoms with Gasteiger partial charge in [-0.2, -0.15) is 0 Å². The third-order valence-electron chi connectivity index (χ3n) is 3.83. The predicted molar refractivity (Wildman–Crippen MR) is 64.6 cm³/mol. The molecule has 0 bridgehead atoms. The minimum absolute atomic E-state index is 0.0664. The zero-order valence-corrected chi connectivity index (χ0v) is 9.91. The Kier molecular flexibility index (Phi) is 3.38. The van der Waals surface area contributed by atoms with Crippen LogP contribution in [0.3, 0.4) is 0 Å². The van der Waals surface area contributed by atoms with Crippen molar-refractivity contribution in [1.82, 2.24) is 0 Å². The maximum atomic E-state index is 11.1. The van der Waals surface area contributed by atoms with Gasteiger partial charge in [0.25, 0.3) is 0 Å². The number of hydrogen-bond donors (Lipinski definition) is 4. The third kappa shape index (κ3) is 1.90. The van der Waals surface area contributed by atoms with Crippen molar-refractivity contribution in [3.63, 3.8) is 0 Å². The standard InChI is InChI=1S/C13H17NO4/c14-12(17)8-2-1-3-10(4-8)13(18)5-9(6-15)11(13)7-16/h1-4,9,11,15-16,18H,5-7H2,(H2,14,17)/t9-,11-,13-/m0/s1. The van der Waals surface area contributed by atoms with Crippen LogP contribution >= 0.6 is 0 Å². The summed E-state index contributed by atoms with van der Waals surface area (Å²) in [6.45, 7) is -0.272. The van der Waals surface area contributed by atoms with Gasteiger partial charge in [-0.3, -0.25) is 4.79 Å². The number of carbonyl (C=O) groups excluding carboxylic acids is 1. The minimum Gasteiger partial charge on any atom is -0.396 e. The second-order valence-electron chi connectivity index (χ2n) is 4.81. The molecular formula is C13H17NO4. The summed E-state index contributed by atoms with van der Waals surface area (Å²) >= 11 is 0. The van der Waals surface area contributed by atoms with E-state index in [1.165, 1.54) is 0 Å². The van der Waals surface area contributed by atoms with Crippen LogP contribution in [0.25, 0.3) is 0 Å². The van der Waals surface area contributed by atoms with E-state index in [4.69, 9.17) is 10.8 Å². The highest BCUT2D eigenvalue weighted by Crippen LogP contribution is 2.50. The highest BCUT2D eigenvalue weighted by Gasteiger charge is 2.53. The van der Waals surface area contributed by atoms with Crippen LogP contribution in [-0.4, -0.2) is 34.4 Å². The first-order valence-corrected chi connectivity index (χ1v) is 5.87. The summed E-state index contributed by atoms with van der Waals surface area (Å²) < 4.78 is 0. The number of aliphatic hydroxyl groups excluding tert-OH is 2. The molecule has 1 fully saturated rings. The highest BCUT2D eigenvalue weighted by atomic mass is 16.3. The van der Waals surface area contributed by atoms with Crippen molar-refractivity contribution in [2.45, 2.75) is 12.0 Å². The number of benzene rings is 1. The Hall–Kier alpha value is -1.43. The predicted octanol–water partition coefficient (Wildman–Crippen LogP) is -0.406. The van der Waals surface area contributed by atoms with E-state index < -0.39 is 17.4 Å². The second kappa shape index (κ2) is 4.68. The number of amides is 1. The number of primary amides is 1. The third-order valence-corrected chi connectivity index (χ3v) is 3.83. The van der Waals surface area contributed by atoms with Gasteiger partial charge in [0.1, 0.15) is 0 Å². The molecule has 3 atom stereocenters. The van der Waals surface area contributed by atoms with Gasteiger partial charge in [0.15, 0.2) is 0 Å². The van der Waals surface area contributed by atoms with E-state index in [-0.39, 0.29) is 19.1 Å². The second-order valence-corrected chi connectivity index (χ2v) is 4.81. The SMILES string of the molecule is NC(=O)c1cccc([C@@]2(O)C[C@@H](CO)[C@@H]2CO)c1. The molecule has 18 heavy (non-hydrogen) atoms. The molecule has 5 heteroatoms. The molecule has 1 amide bonds. The van der Waals surface area contributed by atoms with Gasteiger partial charge >= 0.3 is 0 Å². The van der Waals surface area contributed by atoms with Crippen LogP contribution < -0.4 is 5.73 Å². The van der Waals surface area contributed by atoms with E-state index in [1.54, 1.807) is 24.3 Å². The number of aliphatic hydroxyl groups is 3. The van der Waals surface area contributed by atoms with Crippen molar-refractivity contribution < 1.29 is 20.1 Å². The van der Waals surface area contributed by atoms with Crippen LogP contribution in [-0.2, 0) is 5.60 Å². The van der Waals surface area contributed by atoms with Gasteiger partial charge in [-0.25, -0.2) is 0 Å². The first-order valence-electron chi connectivity index (χ1n) is 5.87. The van der Waals surface area contributed by atoms with Crippen molar-refractivity contribution in [2.75, 3.05) is 13.2 Å². The molecule has 98 valence electrons. The molecule has 1 saturated carbocycles. The number of rotatable bonds is 4. The van der Waals surface area contributed by atoms with E-state index in [0.29, 0.717) is 17.5 Å². The molecule has 5 N–H and O–H groups in total. The number of carbonyl (C=O) groups is 1. The average Bonchev–Trinajstić information content (AvgIpc) is 2.36. The van der Waals surface area contributed by atoms with Crippen molar-refractivity contribution in [3.8, 4) is 0 Å². The highest BCUT2D eigenvalue weighted by molar-refractivity contribution is 5.92. The summed E-state index contributed by atoms with van der Waals surface area (Å²) in [5, 5.41) is 28.9. The lowest BCUT2D eigenvalue weighted by atomic mass is 9.59. The molecule has 0 aromatic heterocycles. The lowest BCUT2D eigenvalue weighted by Gasteiger charge is -2.51. The molecule has 0 heterocycles. The van der Waals surface area contributed by atoms with Crippen LogP contribution in [0.5, 0.6) is 0 Å². The van der Waals surface area contributed by atoms with Gasteiger partial charge in [-0.05, 0) is 30.0 Å². The fraction of sp³-hybridized carbons (Fsp3) is 0.462. The quantitative estimate of drug-likeness (QED) is 0.584. The Morgan fingerprint density at radius 3 is 2.67 bits per heavy atom. The normalized spacial score (nSPS) is 30.8. The Labute approximate surface area is 105 Å². The van der Waals surface area contributed by atoms with Crippen LogP contribution in [0.2, 0.25) is 0 Å². The molecule has 1 aliphatic rings. The molecule has 0 radical (unpaired) electrons. The monoisotopic (exact) mass is 251 g/mol. The zero-order valence-electron chi connectivity index (χ0n) is 9.91. The molecule has 2 rings (SSSR count). The molecule has 1 aromatic carbocycles. The van der Waals surface area contributed by atoms with Gasteiger partial charge in [-0.15, -0.1) is 0 Å². The first-order chi connectivity index (χ1) is 8.52. The van der Waals surface area contributed by atoms with E-state index in [1.807, 2.05) is 0 Å². The van der Waals surface area contributed by atoms with Crippen molar-refractivity contribution in [3.05, 3.63) is 35.4 Å². The van der Waals surface area contributed by atoms with Gasteiger partial charge in [0, 0.05) is 24.7 Å². The summed E-state index contributed by atoms with van der Waals surface area (Å²) in [4.78, 5) is 11.1. The van der Waals surface area contributed by atoms with Gasteiger partial charge < -0.3 is 21.1 Å². The van der Waals surface area contributed by atoms with E-state index in [9.17, 15) is 15.0 Å². The number of nitrogens with two attached hydrogens (primary N) is 1. The molecule has 1 aliphatic carbocycles. The Balaban J connectivity index is 2.31. The average molecular weight is 251 g/mol. The smallest absolute Gasteiger partial charge is 0.248 e. The Morgan fingerprint density at radius 2 is 2.11 bits per heavy atom. The Bertz CT molecular complexity index is 462. The maximum Gasteiger partial charge on any atom is 0.248 e. The lowest BCUT2D eigenvalue weighted by molar-refractivity contribution is -0.172. The topological polar surface area (TPSA) is 104 Å². The fourth-order valence-electron chi connectivity index (χ4n) is 2.69. The fourth-order valence-corrected chi connectivity index (χ4v) is 2.69. The molecule has 0 aliphatic heterocycles. The zero-order chi connectivity index (χ0) is 13.3. The van der Waals surface area contributed by atoms with Gasteiger partial charge in [0.2, 0.25) is 5.91 Å². The summed E-state index contributed by atoms with van der Waals surface area (Å²) in [5.74, 6) is -1.08. The lowest BCUT2D eigenvalue weighted by Crippen LogP contribution is -2.54. The molecule has 1 aromatic rings. The van der Waals surface area contributed by atoms with Crippen LogP contribution in [0, 0.1) is 11.8 Å². The molecule has 0 unspecified atom stereocenters. The number of hydrogen-bond acceptors (Lipinski definition) is 4. The van der Waals surface area contributed by atoms with Gasteiger partial charge in [-0.1, -0.05) is 12.1 Å². The van der Waals surface area contributed by atoms with Crippen LogP contribution in [0.15, 0.2) is 24.3 Å². The van der Waals surface area contributed by atoms with Crippen LogP contribution in [0.4, 0.5) is 0 Å². The summed E-state index contributed by atoms with van der Waals surface area (Å²) in [6.07, 6.45) is 0.372. The molecule has 0 saturated heterocycles. The molecular weight excluding hydrogens is 234 g/mol. The summed E-state index contributed by atoms with van der Waals surface area (Å²) in [7, 11) is 0. The summed E-state index contributed by atoms with van der Waals surface area (Å²) in [6, 6.07) is 6.46. The minimum atomic E-state index is -1.19. The van der Waals surface area contributed by atoms with Crippen LogP contribution in [0.1, 0.15) is 22.3 Å².